The molecule has 0 amide bonds. The minimum absolute atomic E-state index is 0.120. The first kappa shape index (κ1) is 22.9. The molecule has 0 aliphatic carbocycles. The summed E-state index contributed by atoms with van der Waals surface area (Å²) in [6.07, 6.45) is 1.51. The normalized spacial score (nSPS) is 10.4. The molecule has 0 saturated carbocycles. The van der Waals surface area contributed by atoms with E-state index >= 15 is 0 Å². The van der Waals surface area contributed by atoms with Crippen molar-refractivity contribution in [2.75, 3.05) is 6.61 Å². The first-order valence-electron chi connectivity index (χ1n) is 8.69. The van der Waals surface area contributed by atoms with Crippen LogP contribution in [0.25, 0.3) is 0 Å². The van der Waals surface area contributed by atoms with Crippen LogP contribution in [0.3, 0.4) is 0 Å². The average molecular weight is 505 g/mol. The van der Waals surface area contributed by atoms with Crippen LogP contribution in [0.4, 0.5) is 0 Å². The van der Waals surface area contributed by atoms with E-state index in [1.165, 1.54) is 6.08 Å². The summed E-state index contributed by atoms with van der Waals surface area (Å²) in [6, 6.07) is 17.9. The topological polar surface area (TPSA) is 27.7 Å². The van der Waals surface area contributed by atoms with Gasteiger partial charge in [0, 0.05) is 17.2 Å². The Labute approximate surface area is 199 Å². The highest BCUT2D eigenvalue weighted by Gasteiger charge is 2.11. The van der Waals surface area contributed by atoms with E-state index in [1.807, 2.05) is 24.3 Å². The van der Waals surface area contributed by atoms with Crippen LogP contribution < -0.4 is 14.2 Å². The van der Waals surface area contributed by atoms with Gasteiger partial charge in [-0.25, -0.2) is 0 Å². The zero-order valence-electron chi connectivity index (χ0n) is 15.4. The van der Waals surface area contributed by atoms with Gasteiger partial charge in [-0.2, -0.15) is 0 Å². The van der Waals surface area contributed by atoms with Gasteiger partial charge in [0.05, 0.1) is 10.0 Å². The standard InChI is InChI=1S/C22H15Cl5O3/c23-15-4-6-16(7-5-15)30-17-3-1-2-14(10-17)13-29-22-19(24)11-18(12-20(22)25)28-9-8-21(26)27/h1-8,10-12H,9,13H2. The molecule has 3 rings (SSSR count). The summed E-state index contributed by atoms with van der Waals surface area (Å²) in [5.74, 6) is 2.19. The molecule has 0 bridgehead atoms. The molecule has 0 radical (unpaired) electrons. The van der Waals surface area contributed by atoms with Gasteiger partial charge in [0.1, 0.15) is 35.0 Å². The summed E-state index contributed by atoms with van der Waals surface area (Å²) in [7, 11) is 0. The third-order valence-corrected chi connectivity index (χ3v) is 4.91. The van der Waals surface area contributed by atoms with Crippen molar-refractivity contribution < 1.29 is 14.2 Å². The monoisotopic (exact) mass is 502 g/mol. The number of hydrogen-bond donors (Lipinski definition) is 0. The fourth-order valence-electron chi connectivity index (χ4n) is 2.45. The van der Waals surface area contributed by atoms with Crippen LogP contribution in [-0.2, 0) is 6.61 Å². The maximum absolute atomic E-state index is 6.30. The Balaban J connectivity index is 1.65. The third kappa shape index (κ3) is 6.90. The molecular formula is C22H15Cl5O3. The molecule has 0 unspecified atom stereocenters. The second kappa shape index (κ2) is 11.0. The Hall–Kier alpha value is -1.75. The second-order valence-electron chi connectivity index (χ2n) is 6.01. The van der Waals surface area contributed by atoms with Gasteiger partial charge in [0.15, 0.2) is 5.75 Å². The molecule has 0 aliphatic heterocycles. The SMILES string of the molecule is ClC(Cl)=CCOc1cc(Cl)c(OCc2cccc(Oc3ccc(Cl)cc3)c2)c(Cl)c1. The predicted octanol–water partition coefficient (Wildman–Crippen LogP) is 8.72. The Kier molecular flexibility index (Phi) is 8.43. The highest BCUT2D eigenvalue weighted by atomic mass is 35.5. The van der Waals surface area contributed by atoms with Crippen LogP contribution in [0.1, 0.15) is 5.56 Å². The summed E-state index contributed by atoms with van der Waals surface area (Å²) in [6.45, 7) is 0.442. The third-order valence-electron chi connectivity index (χ3n) is 3.79. The van der Waals surface area contributed by atoms with E-state index in [4.69, 9.17) is 72.2 Å². The van der Waals surface area contributed by atoms with E-state index in [0.29, 0.717) is 38.1 Å². The molecule has 3 nitrogen and oxygen atoms in total. The van der Waals surface area contributed by atoms with Gasteiger partial charge in [-0.05, 0) is 48.0 Å². The van der Waals surface area contributed by atoms with Crippen molar-refractivity contribution in [3.63, 3.8) is 0 Å². The molecule has 0 aliphatic rings. The van der Waals surface area contributed by atoms with Gasteiger partial charge in [-0.1, -0.05) is 70.1 Å². The van der Waals surface area contributed by atoms with Gasteiger partial charge in [0.25, 0.3) is 0 Å². The number of halogens is 5. The van der Waals surface area contributed by atoms with Crippen molar-refractivity contribution in [2.45, 2.75) is 6.61 Å². The van der Waals surface area contributed by atoms with Gasteiger partial charge >= 0.3 is 0 Å². The molecule has 0 aromatic heterocycles. The first-order chi connectivity index (χ1) is 14.4. The zero-order valence-corrected chi connectivity index (χ0v) is 19.2. The summed E-state index contributed by atoms with van der Waals surface area (Å²) in [5.41, 5.74) is 0.885. The number of ether oxygens (including phenoxy) is 3. The fraction of sp³-hybridized carbons (Fsp3) is 0.0909. The van der Waals surface area contributed by atoms with Crippen molar-refractivity contribution in [3.8, 4) is 23.0 Å². The van der Waals surface area contributed by atoms with Crippen LogP contribution in [0.15, 0.2) is 71.2 Å². The molecule has 0 heterocycles. The summed E-state index contributed by atoms with van der Waals surface area (Å²) >= 11 is 29.6. The Morgan fingerprint density at radius 2 is 1.47 bits per heavy atom. The largest absolute Gasteiger partial charge is 0.489 e. The van der Waals surface area contributed by atoms with E-state index in [1.54, 1.807) is 36.4 Å². The van der Waals surface area contributed by atoms with Gasteiger partial charge in [-0.3, -0.25) is 0 Å². The van der Waals surface area contributed by atoms with Crippen molar-refractivity contribution in [3.05, 3.63) is 91.9 Å². The number of hydrogen-bond acceptors (Lipinski definition) is 3. The highest BCUT2D eigenvalue weighted by molar-refractivity contribution is 6.55. The molecule has 30 heavy (non-hydrogen) atoms. The molecule has 8 heteroatoms. The van der Waals surface area contributed by atoms with Gasteiger partial charge < -0.3 is 14.2 Å². The van der Waals surface area contributed by atoms with Crippen molar-refractivity contribution in [1.82, 2.24) is 0 Å². The average Bonchev–Trinajstić information content (AvgIpc) is 2.69. The van der Waals surface area contributed by atoms with Crippen molar-refractivity contribution in [1.29, 1.82) is 0 Å². The smallest absolute Gasteiger partial charge is 0.157 e. The Morgan fingerprint density at radius 1 is 0.767 bits per heavy atom. The van der Waals surface area contributed by atoms with Crippen LogP contribution >= 0.6 is 58.0 Å². The maximum Gasteiger partial charge on any atom is 0.157 e. The summed E-state index contributed by atoms with van der Waals surface area (Å²) < 4.78 is 17.3. The van der Waals surface area contributed by atoms with E-state index in [0.717, 1.165) is 5.56 Å². The lowest BCUT2D eigenvalue weighted by molar-refractivity contribution is 0.304. The first-order valence-corrected chi connectivity index (χ1v) is 10.6. The van der Waals surface area contributed by atoms with Crippen LogP contribution in [0, 0.1) is 0 Å². The maximum atomic E-state index is 6.30. The fourth-order valence-corrected chi connectivity index (χ4v) is 3.28. The van der Waals surface area contributed by atoms with E-state index < -0.39 is 0 Å². The molecule has 0 saturated heterocycles. The van der Waals surface area contributed by atoms with E-state index in [2.05, 4.69) is 0 Å². The van der Waals surface area contributed by atoms with Crippen LogP contribution in [0.2, 0.25) is 15.1 Å². The lowest BCUT2D eigenvalue weighted by Gasteiger charge is -2.13. The van der Waals surface area contributed by atoms with Crippen LogP contribution in [-0.4, -0.2) is 6.61 Å². The van der Waals surface area contributed by atoms with E-state index in [-0.39, 0.29) is 17.7 Å². The molecule has 0 spiro atoms. The minimum Gasteiger partial charge on any atom is -0.489 e. The van der Waals surface area contributed by atoms with Crippen molar-refractivity contribution in [2.24, 2.45) is 0 Å². The quantitative estimate of drug-likeness (QED) is 0.307. The summed E-state index contributed by atoms with van der Waals surface area (Å²) in [4.78, 5) is 0. The second-order valence-corrected chi connectivity index (χ2v) is 8.27. The van der Waals surface area contributed by atoms with Gasteiger partial charge in [-0.15, -0.1) is 0 Å². The van der Waals surface area contributed by atoms with Crippen molar-refractivity contribution >= 4 is 58.0 Å². The lowest BCUT2D eigenvalue weighted by Crippen LogP contribution is -1.99. The highest BCUT2D eigenvalue weighted by Crippen LogP contribution is 2.37. The van der Waals surface area contributed by atoms with E-state index in [9.17, 15) is 0 Å². The molecule has 3 aromatic rings. The zero-order chi connectivity index (χ0) is 21.5. The lowest BCUT2D eigenvalue weighted by atomic mass is 10.2. The predicted molar refractivity (Wildman–Crippen MR) is 124 cm³/mol. The molecule has 3 aromatic carbocycles. The number of rotatable bonds is 8. The minimum atomic E-state index is 0.120. The Morgan fingerprint density at radius 3 is 2.13 bits per heavy atom. The van der Waals surface area contributed by atoms with Gasteiger partial charge in [0.2, 0.25) is 0 Å². The number of benzene rings is 3. The molecular weight excluding hydrogens is 490 g/mol. The molecule has 156 valence electrons. The summed E-state index contributed by atoms with van der Waals surface area (Å²) in [5, 5.41) is 1.30. The molecule has 0 atom stereocenters. The Bertz CT molecular complexity index is 1010. The van der Waals surface area contributed by atoms with Crippen LogP contribution in [0.5, 0.6) is 23.0 Å². The molecule has 0 fully saturated rings. The molecule has 0 N–H and O–H groups in total.